The number of aromatic nitrogens is 8. The average molecular weight is 1810 g/mol. The number of hydrogen-bond acceptors (Lipinski definition) is 27. The Morgan fingerprint density at radius 3 is 1.29 bits per heavy atom. The number of carbonyl (C=O) groups excluding carboxylic acids is 2. The number of nitrogens with zero attached hydrogens (tertiary/aromatic N) is 8. The summed E-state index contributed by atoms with van der Waals surface area (Å²) >= 11 is 0. The second-order valence-electron chi connectivity index (χ2n) is 35.5. The number of alkyl halides is 8. The maximum atomic E-state index is 14.9. The molecule has 3 saturated carbocycles. The third kappa shape index (κ3) is 25.5. The predicted molar refractivity (Wildman–Crippen MR) is 446 cm³/mol. The smallest absolute Gasteiger partial charge is 0.413 e. The molecule has 0 bridgehead atoms. The summed E-state index contributed by atoms with van der Waals surface area (Å²) < 4.78 is 180. The first-order chi connectivity index (χ1) is 59.0. The Balaban J connectivity index is 0.000000196. The van der Waals surface area contributed by atoms with Crippen LogP contribution in [-0.2, 0) is 56.8 Å². The van der Waals surface area contributed by atoms with Crippen LogP contribution in [0.2, 0.25) is 0 Å². The van der Waals surface area contributed by atoms with E-state index in [9.17, 15) is 79.2 Å². The molecule has 4 aliphatic carbocycles. The molecule has 12 rings (SSSR count). The molecule has 4 aromatic rings. The summed E-state index contributed by atoms with van der Waals surface area (Å²) in [6.45, 7) is 33.3. The third-order valence-corrected chi connectivity index (χ3v) is 23.7. The number of amides is 2. The molecular weight excluding hydrogens is 1680 g/mol. The van der Waals surface area contributed by atoms with Gasteiger partial charge in [-0.15, -0.1) is 0 Å². The van der Waals surface area contributed by atoms with E-state index in [2.05, 4.69) is 71.3 Å². The Bertz CT molecular complexity index is 4460. The number of anilines is 4. The summed E-state index contributed by atoms with van der Waals surface area (Å²) in [5, 5.41) is 34.1. The van der Waals surface area contributed by atoms with Crippen LogP contribution in [0.4, 0.5) is 68.0 Å². The maximum absolute atomic E-state index is 14.9. The van der Waals surface area contributed by atoms with Gasteiger partial charge in [0.15, 0.2) is 24.4 Å². The van der Waals surface area contributed by atoms with Gasteiger partial charge in [-0.2, -0.15) is 55.1 Å². The second kappa shape index (κ2) is 44.3. The van der Waals surface area contributed by atoms with Crippen molar-refractivity contribution >= 4 is 35.5 Å². The lowest BCUT2D eigenvalue weighted by atomic mass is 9.48. The van der Waals surface area contributed by atoms with E-state index in [0.717, 1.165) is 91.0 Å². The number of aliphatic hydroxyl groups excluding tert-OH is 3. The first kappa shape index (κ1) is 104. The van der Waals surface area contributed by atoms with Crippen LogP contribution in [0.5, 0.6) is 0 Å². The minimum atomic E-state index is -3.73. The molecule has 4 aromatic heterocycles. The molecule has 7 fully saturated rings. The first-order valence-electron chi connectivity index (χ1n) is 43.3. The highest BCUT2D eigenvalue weighted by atomic mass is 19.3. The quantitative estimate of drug-likeness (QED) is 0.0215. The van der Waals surface area contributed by atoms with Crippen LogP contribution < -0.4 is 44.9 Å². The number of nitrogen functional groups attached to an aromatic ring is 2. The summed E-state index contributed by atoms with van der Waals surface area (Å²) in [6.07, 6.45) is -1.20. The molecule has 126 heavy (non-hydrogen) atoms. The molecule has 8 heterocycles. The van der Waals surface area contributed by atoms with Gasteiger partial charge in [-0.1, -0.05) is 65.5 Å². The number of hydrogen-bond donors (Lipinski definition) is 7. The molecular formula is C85H130F8N12O21. The zero-order chi connectivity index (χ0) is 93.5. The summed E-state index contributed by atoms with van der Waals surface area (Å²) in [5.74, 6) is -7.26. The van der Waals surface area contributed by atoms with Gasteiger partial charge in [-0.25, -0.2) is 28.8 Å². The molecule has 0 aromatic carbocycles. The lowest BCUT2D eigenvalue weighted by Crippen LogP contribution is -2.50. The Kier molecular flexibility index (Phi) is 36.4. The molecule has 9 N–H and O–H groups in total. The van der Waals surface area contributed by atoms with E-state index < -0.39 is 144 Å². The van der Waals surface area contributed by atoms with Crippen molar-refractivity contribution in [1.82, 2.24) is 38.2 Å². The predicted octanol–water partition coefficient (Wildman–Crippen LogP) is 11.9. The lowest BCUT2D eigenvalue weighted by molar-refractivity contribution is -0.153. The van der Waals surface area contributed by atoms with Gasteiger partial charge >= 0.3 is 58.6 Å². The molecule has 0 radical (unpaired) electrons. The normalized spacial score (nSPS) is 30.4. The van der Waals surface area contributed by atoms with Crippen LogP contribution in [-0.4, -0.2) is 222 Å². The van der Waals surface area contributed by atoms with E-state index in [1.807, 2.05) is 0 Å². The Labute approximate surface area is 727 Å². The van der Waals surface area contributed by atoms with Gasteiger partial charge in [0.25, 0.3) is 0 Å². The molecule has 41 heteroatoms. The fourth-order valence-corrected chi connectivity index (χ4v) is 18.0. The van der Waals surface area contributed by atoms with Crippen LogP contribution in [0.15, 0.2) is 79.9 Å². The Morgan fingerprint density at radius 2 is 0.921 bits per heavy atom. The molecule has 33 nitrogen and oxygen atoms in total. The number of carbonyl (C=O) groups is 2. The van der Waals surface area contributed by atoms with E-state index >= 15 is 0 Å². The molecule has 16 unspecified atom stereocenters. The SMILES string of the molecule is CC(C)CCC[C@@H](C)[C@H]1CCC2C3CC=C4C[C@@H](O)CC[C@]4(C)C3C[C@@H](C)C21.CCOCC1OC(n2ccc(N)nc2=O)C(F)(F)C1O.CCOCC1OC(n2ccc(N)nc2=O)C(F)(F)C1OCC.CCOCC1OC(n2ccc(NC(=O)OC(C)(C)C)nc2=O)C(F)(F)C1O.CCOCC1OC(n2ccc(NC(=O)OC(C)(C)C)nc2=O)C(F)(F)C1OCC. The molecule has 21 atom stereocenters. The number of halogens is 8. The summed E-state index contributed by atoms with van der Waals surface area (Å²) in [4.78, 5) is 85.3. The van der Waals surface area contributed by atoms with Gasteiger partial charge < -0.3 is 83.6 Å². The molecule has 4 aliphatic heterocycles. The standard InChI is InChI=1S/C27H46O.C18H27F2N3O6.C16H23F2N3O6.C13H19F2N3O4.C11H15F2N3O4/c1-17(2)7-6-8-18(3)22-11-12-24-23-10-9-20-16-21(28)13-14-27(20,5)25(23)15-19(4)26(22)24;1-6-26-10-11-13(27-7-2)18(19,20)14(28-11)23-9-8-12(21-15(23)24)22-16(25)29-17(3,4)5;1-5-25-8-9-11(22)16(17,18)12(26-9)21-7-6-10(19-13(21)23)20-14(24)27-15(2,3)4;1-3-20-7-8-10(21-4-2)13(14,15)11(22-8)18-6-5-9(16)17-12(18)19;1-2-19-5-6-8(17)11(12,13)9(20-6)16-4-3-7(14)15-10(16)18/h9,17-19,21-26,28H,6-8,10-16H2,1-5H3;8-9,11,13-14H,6-7,10H2,1-5H3,(H,21,22,24,25);6-7,9,11-12,22H,5,8H2,1-4H3,(H,19,20,23,24);5-6,8,10-11H,3-4,7H2,1-2H3,(H2,16,17,19);3-4,6,8-9,17H,2,5H2,1H3,(H2,14,15,18)/t18-,19-,21+,22-,23?,24?,25?,26?,27+;;;;/m1..../s1. The summed E-state index contributed by atoms with van der Waals surface area (Å²) in [6, 6.07) is 4.80. The molecule has 8 aliphatic rings. The van der Waals surface area contributed by atoms with Crippen molar-refractivity contribution in [1.29, 1.82) is 0 Å². The van der Waals surface area contributed by atoms with E-state index in [-0.39, 0.29) is 75.6 Å². The topological polar surface area (TPSA) is 421 Å². The van der Waals surface area contributed by atoms with Crippen LogP contribution in [0.25, 0.3) is 0 Å². The Hall–Kier alpha value is -7.68. The molecule has 0 spiro atoms. The molecule has 4 saturated heterocycles. The average Bonchev–Trinajstić information content (AvgIpc) is 1.05. The van der Waals surface area contributed by atoms with Gasteiger partial charge in [0.2, 0.25) is 24.9 Å². The highest BCUT2D eigenvalue weighted by molar-refractivity contribution is 5.84. The van der Waals surface area contributed by atoms with Gasteiger partial charge in [-0.05, 0) is 205 Å². The van der Waals surface area contributed by atoms with Crippen molar-refractivity contribution in [2.75, 3.05) is 88.2 Å². The molecule has 712 valence electrons. The minimum absolute atomic E-state index is 0.0465. The van der Waals surface area contributed by atoms with Crippen LogP contribution in [0.1, 0.15) is 207 Å². The van der Waals surface area contributed by atoms with Crippen LogP contribution in [0, 0.1) is 52.8 Å². The van der Waals surface area contributed by atoms with Crippen molar-refractivity contribution in [3.63, 3.8) is 0 Å². The van der Waals surface area contributed by atoms with Gasteiger partial charge in [0.1, 0.15) is 58.9 Å². The fraction of sp³-hybridized carbons (Fsp3) is 0.765. The number of nitrogens with two attached hydrogens (primary N) is 2. The zero-order valence-electron chi connectivity index (χ0n) is 74.9. The maximum Gasteiger partial charge on any atom is 0.413 e. The van der Waals surface area contributed by atoms with E-state index in [4.69, 9.17) is 68.3 Å². The zero-order valence-corrected chi connectivity index (χ0v) is 74.9. The van der Waals surface area contributed by atoms with Gasteiger partial charge in [-0.3, -0.25) is 28.9 Å². The van der Waals surface area contributed by atoms with Crippen molar-refractivity contribution in [2.45, 2.75) is 297 Å². The number of allylic oxidation sites excluding steroid dienone is 1. The van der Waals surface area contributed by atoms with Gasteiger partial charge in [0.05, 0.1) is 32.5 Å². The number of aliphatic hydroxyl groups is 3. The van der Waals surface area contributed by atoms with E-state index in [1.54, 1.807) is 88.7 Å². The van der Waals surface area contributed by atoms with Crippen LogP contribution >= 0.6 is 0 Å². The van der Waals surface area contributed by atoms with Crippen molar-refractivity contribution in [3.05, 3.63) is 103 Å². The molecule has 2 amide bonds. The lowest BCUT2D eigenvalue weighted by Gasteiger charge is -2.57. The van der Waals surface area contributed by atoms with E-state index in [1.165, 1.54) is 69.6 Å². The van der Waals surface area contributed by atoms with Crippen LogP contribution in [0.3, 0.4) is 0 Å². The number of fused-ring (bicyclic) bond motifs is 5. The number of rotatable bonds is 27. The highest BCUT2D eigenvalue weighted by Gasteiger charge is 2.65. The third-order valence-electron chi connectivity index (χ3n) is 23.7. The number of ether oxygens (including phenoxy) is 12. The van der Waals surface area contributed by atoms with E-state index in [0.29, 0.717) is 43.5 Å². The second-order valence-corrected chi connectivity index (χ2v) is 35.5. The summed E-state index contributed by atoms with van der Waals surface area (Å²) in [7, 11) is 0. The highest BCUT2D eigenvalue weighted by Crippen LogP contribution is 2.65. The monoisotopic (exact) mass is 1810 g/mol. The first-order valence-corrected chi connectivity index (χ1v) is 43.3. The number of nitrogens with one attached hydrogen (secondary N) is 2. The fourth-order valence-electron chi connectivity index (χ4n) is 18.0. The summed E-state index contributed by atoms with van der Waals surface area (Å²) in [5.41, 5.74) is 7.18. The largest absolute Gasteiger partial charge is 0.444 e. The van der Waals surface area contributed by atoms with Crippen molar-refractivity contribution < 1.29 is 117 Å². The Morgan fingerprint density at radius 1 is 0.540 bits per heavy atom. The van der Waals surface area contributed by atoms with Gasteiger partial charge in [0, 0.05) is 64.4 Å². The van der Waals surface area contributed by atoms with Crippen molar-refractivity contribution in [2.24, 2.45) is 52.8 Å². The van der Waals surface area contributed by atoms with Crippen molar-refractivity contribution in [3.8, 4) is 0 Å². The minimum Gasteiger partial charge on any atom is -0.444 e.